The fourth-order valence-corrected chi connectivity index (χ4v) is 1.57. The van der Waals surface area contributed by atoms with E-state index < -0.39 is 5.54 Å². The van der Waals surface area contributed by atoms with Crippen molar-refractivity contribution in [2.24, 2.45) is 5.73 Å². The Kier molecular flexibility index (Phi) is 2.19. The summed E-state index contributed by atoms with van der Waals surface area (Å²) in [5, 5.41) is 5.41. The van der Waals surface area contributed by atoms with Crippen LogP contribution in [0.25, 0.3) is 0 Å². The molecule has 1 saturated heterocycles. The van der Waals surface area contributed by atoms with E-state index in [9.17, 15) is 9.59 Å². The molecule has 78 valence electrons. The van der Waals surface area contributed by atoms with E-state index in [4.69, 9.17) is 5.73 Å². The molecule has 0 aromatic rings. The summed E-state index contributed by atoms with van der Waals surface area (Å²) in [4.78, 5) is 22.8. The molecule has 2 amide bonds. The summed E-state index contributed by atoms with van der Waals surface area (Å²) >= 11 is 0. The first-order chi connectivity index (χ1) is 6.62. The zero-order chi connectivity index (χ0) is 10.2. The summed E-state index contributed by atoms with van der Waals surface area (Å²) in [6.45, 7) is 0.707. The topological polar surface area (TPSA) is 84.2 Å². The van der Waals surface area contributed by atoms with Crippen LogP contribution < -0.4 is 16.4 Å². The Hall–Kier alpha value is -1.10. The number of amides is 2. The lowest BCUT2D eigenvalue weighted by Gasteiger charge is -2.24. The Morgan fingerprint density at radius 1 is 1.57 bits per heavy atom. The Morgan fingerprint density at radius 3 is 2.86 bits per heavy atom. The first kappa shape index (κ1) is 9.45. The molecule has 2 aliphatic rings. The van der Waals surface area contributed by atoms with Crippen molar-refractivity contribution in [2.75, 3.05) is 6.54 Å². The molecule has 4 N–H and O–H groups in total. The summed E-state index contributed by atoms with van der Waals surface area (Å²) in [5.74, 6) is -0.270. The monoisotopic (exact) mass is 197 g/mol. The van der Waals surface area contributed by atoms with Crippen molar-refractivity contribution in [3.8, 4) is 0 Å². The fraction of sp³-hybridized carbons (Fsp3) is 0.778. The molecule has 5 heteroatoms. The Labute approximate surface area is 82.4 Å². The van der Waals surface area contributed by atoms with E-state index in [1.807, 2.05) is 0 Å². The van der Waals surface area contributed by atoms with Crippen molar-refractivity contribution in [2.45, 2.75) is 37.3 Å². The normalized spacial score (nSPS) is 29.2. The average Bonchev–Trinajstić information content (AvgIpc) is 2.89. The van der Waals surface area contributed by atoms with Gasteiger partial charge >= 0.3 is 0 Å². The van der Waals surface area contributed by atoms with Gasteiger partial charge in [0.25, 0.3) is 0 Å². The van der Waals surface area contributed by atoms with Crippen LogP contribution in [-0.4, -0.2) is 29.9 Å². The molecule has 1 aliphatic heterocycles. The molecule has 2 fully saturated rings. The van der Waals surface area contributed by atoms with E-state index in [2.05, 4.69) is 10.6 Å². The van der Waals surface area contributed by atoms with Crippen molar-refractivity contribution < 1.29 is 9.59 Å². The molecular formula is C9H15N3O2. The molecule has 14 heavy (non-hydrogen) atoms. The van der Waals surface area contributed by atoms with Gasteiger partial charge in [-0.25, -0.2) is 0 Å². The SMILES string of the molecule is NC1(C(=O)NC2CCCNC2=O)CC1. The lowest BCUT2D eigenvalue weighted by atomic mass is 10.1. The smallest absolute Gasteiger partial charge is 0.242 e. The van der Waals surface area contributed by atoms with E-state index in [0.717, 1.165) is 19.3 Å². The van der Waals surface area contributed by atoms with E-state index in [-0.39, 0.29) is 17.9 Å². The summed E-state index contributed by atoms with van der Waals surface area (Å²) in [7, 11) is 0. The fourth-order valence-electron chi connectivity index (χ4n) is 1.57. The Morgan fingerprint density at radius 2 is 2.29 bits per heavy atom. The van der Waals surface area contributed by atoms with Crippen LogP contribution in [0.3, 0.4) is 0 Å². The van der Waals surface area contributed by atoms with E-state index in [0.29, 0.717) is 13.0 Å². The minimum absolute atomic E-state index is 0.0890. The molecule has 0 radical (unpaired) electrons. The van der Waals surface area contributed by atoms with Crippen molar-refractivity contribution in [3.63, 3.8) is 0 Å². The minimum atomic E-state index is -0.683. The summed E-state index contributed by atoms with van der Waals surface area (Å²) < 4.78 is 0. The van der Waals surface area contributed by atoms with Crippen molar-refractivity contribution in [1.29, 1.82) is 0 Å². The molecule has 2 rings (SSSR count). The standard InChI is InChI=1S/C9H15N3O2/c10-9(3-4-9)8(14)12-6-2-1-5-11-7(6)13/h6H,1-5,10H2,(H,11,13)(H,12,14). The van der Waals surface area contributed by atoms with Crippen LogP contribution >= 0.6 is 0 Å². The summed E-state index contributed by atoms with van der Waals surface area (Å²) in [6.07, 6.45) is 3.09. The predicted molar refractivity (Wildman–Crippen MR) is 50.3 cm³/mol. The molecule has 0 aromatic heterocycles. The number of hydrogen-bond acceptors (Lipinski definition) is 3. The Balaban J connectivity index is 1.89. The number of hydrogen-bond donors (Lipinski definition) is 3. The molecule has 0 bridgehead atoms. The third-order valence-corrected chi connectivity index (χ3v) is 2.83. The Bertz CT molecular complexity index is 273. The lowest BCUT2D eigenvalue weighted by Crippen LogP contribution is -2.54. The summed E-state index contributed by atoms with van der Waals surface area (Å²) in [6, 6.07) is -0.378. The highest BCUT2D eigenvalue weighted by molar-refractivity contribution is 5.93. The highest BCUT2D eigenvalue weighted by atomic mass is 16.2. The largest absolute Gasteiger partial charge is 0.354 e. The van der Waals surface area contributed by atoms with Gasteiger partial charge in [0.2, 0.25) is 11.8 Å². The maximum atomic E-state index is 11.5. The quantitative estimate of drug-likeness (QED) is 0.524. The molecule has 1 unspecified atom stereocenters. The first-order valence-electron chi connectivity index (χ1n) is 4.99. The second kappa shape index (κ2) is 3.24. The molecule has 1 saturated carbocycles. The molecular weight excluding hydrogens is 182 g/mol. The third kappa shape index (κ3) is 1.72. The number of rotatable bonds is 2. The van der Waals surface area contributed by atoms with E-state index >= 15 is 0 Å². The summed E-state index contributed by atoms with van der Waals surface area (Å²) in [5.41, 5.74) is 5.03. The third-order valence-electron chi connectivity index (χ3n) is 2.83. The van der Waals surface area contributed by atoms with Crippen LogP contribution in [0.5, 0.6) is 0 Å². The van der Waals surface area contributed by atoms with Gasteiger partial charge in [-0.1, -0.05) is 0 Å². The number of nitrogens with two attached hydrogens (primary N) is 1. The van der Waals surface area contributed by atoms with Gasteiger partial charge < -0.3 is 16.4 Å². The molecule has 1 atom stereocenters. The minimum Gasteiger partial charge on any atom is -0.354 e. The zero-order valence-electron chi connectivity index (χ0n) is 8.01. The number of piperidine rings is 1. The van der Waals surface area contributed by atoms with Crippen LogP contribution in [0.2, 0.25) is 0 Å². The zero-order valence-corrected chi connectivity index (χ0v) is 8.01. The highest BCUT2D eigenvalue weighted by Gasteiger charge is 2.46. The lowest BCUT2D eigenvalue weighted by molar-refractivity contribution is -0.131. The van der Waals surface area contributed by atoms with Gasteiger partial charge in [0.15, 0.2) is 0 Å². The van der Waals surface area contributed by atoms with Crippen LogP contribution in [0.4, 0.5) is 0 Å². The van der Waals surface area contributed by atoms with Crippen LogP contribution in [0, 0.1) is 0 Å². The van der Waals surface area contributed by atoms with Crippen LogP contribution in [-0.2, 0) is 9.59 Å². The molecule has 1 heterocycles. The van der Waals surface area contributed by atoms with Gasteiger partial charge in [-0.15, -0.1) is 0 Å². The van der Waals surface area contributed by atoms with Crippen LogP contribution in [0.15, 0.2) is 0 Å². The van der Waals surface area contributed by atoms with Gasteiger partial charge in [0, 0.05) is 6.54 Å². The van der Waals surface area contributed by atoms with E-state index in [1.54, 1.807) is 0 Å². The maximum absolute atomic E-state index is 11.5. The van der Waals surface area contributed by atoms with Crippen molar-refractivity contribution >= 4 is 11.8 Å². The highest BCUT2D eigenvalue weighted by Crippen LogP contribution is 2.32. The molecule has 1 aliphatic carbocycles. The van der Waals surface area contributed by atoms with Gasteiger partial charge in [-0.2, -0.15) is 0 Å². The number of nitrogens with one attached hydrogen (secondary N) is 2. The van der Waals surface area contributed by atoms with Crippen LogP contribution in [0.1, 0.15) is 25.7 Å². The maximum Gasteiger partial charge on any atom is 0.242 e. The second-order valence-corrected chi connectivity index (χ2v) is 4.12. The van der Waals surface area contributed by atoms with E-state index in [1.165, 1.54) is 0 Å². The number of carbonyl (C=O) groups excluding carboxylic acids is 2. The second-order valence-electron chi connectivity index (χ2n) is 4.12. The van der Waals surface area contributed by atoms with Gasteiger partial charge in [-0.05, 0) is 25.7 Å². The van der Waals surface area contributed by atoms with Gasteiger partial charge in [0.1, 0.15) is 6.04 Å². The predicted octanol–water partition coefficient (Wildman–Crippen LogP) is -1.13. The van der Waals surface area contributed by atoms with Crippen molar-refractivity contribution in [1.82, 2.24) is 10.6 Å². The number of carbonyl (C=O) groups is 2. The molecule has 0 spiro atoms. The van der Waals surface area contributed by atoms with Crippen molar-refractivity contribution in [3.05, 3.63) is 0 Å². The average molecular weight is 197 g/mol. The van der Waals surface area contributed by atoms with Gasteiger partial charge in [-0.3, -0.25) is 9.59 Å². The van der Waals surface area contributed by atoms with Gasteiger partial charge in [0.05, 0.1) is 5.54 Å². The molecule has 5 nitrogen and oxygen atoms in total. The first-order valence-corrected chi connectivity index (χ1v) is 4.99. The molecule has 0 aromatic carbocycles.